The first-order valence-electron chi connectivity index (χ1n) is 10.0. The molecule has 0 aliphatic carbocycles. The van der Waals surface area contributed by atoms with E-state index in [1.807, 2.05) is 36.4 Å². The molecular weight excluding hydrogens is 491 g/mol. The second-order valence-corrected chi connectivity index (χ2v) is 8.74. The van der Waals surface area contributed by atoms with E-state index in [0.717, 1.165) is 11.3 Å². The molecule has 4 heterocycles. The monoisotopic (exact) mass is 508 g/mol. The van der Waals surface area contributed by atoms with Crippen molar-refractivity contribution in [1.82, 2.24) is 20.2 Å². The predicted octanol–water partition coefficient (Wildman–Crippen LogP) is 5.81. The van der Waals surface area contributed by atoms with Crippen molar-refractivity contribution in [1.29, 1.82) is 0 Å². The molecule has 1 aromatic carbocycles. The van der Waals surface area contributed by atoms with Crippen molar-refractivity contribution < 1.29 is 8.81 Å². The third-order valence-electron chi connectivity index (χ3n) is 5.41. The van der Waals surface area contributed by atoms with Gasteiger partial charge in [-0.2, -0.15) is 0 Å². The molecule has 1 aliphatic heterocycles. The number of thiocarbonyl (C=S) groups is 1. The largest absolute Gasteiger partial charge is 0.459 e. The van der Waals surface area contributed by atoms with Gasteiger partial charge in [0.15, 0.2) is 5.11 Å². The molecule has 0 saturated carbocycles. The number of hydrogen-bond acceptors (Lipinski definition) is 4. The minimum Gasteiger partial charge on any atom is -0.459 e. The molecule has 32 heavy (non-hydrogen) atoms. The van der Waals surface area contributed by atoms with Crippen LogP contribution < -0.4 is 5.32 Å². The zero-order chi connectivity index (χ0) is 22.1. The minimum atomic E-state index is -0.352. The second kappa shape index (κ2) is 8.80. The molecule has 1 aliphatic rings. The average molecular weight is 509 g/mol. The third kappa shape index (κ3) is 4.03. The van der Waals surface area contributed by atoms with Crippen molar-refractivity contribution in [3.8, 4) is 11.3 Å². The zero-order valence-electron chi connectivity index (χ0n) is 16.8. The molecule has 0 amide bonds. The summed E-state index contributed by atoms with van der Waals surface area (Å²) in [5.41, 5.74) is 2.33. The Labute approximate surface area is 198 Å². The van der Waals surface area contributed by atoms with Gasteiger partial charge in [0, 0.05) is 29.6 Å². The van der Waals surface area contributed by atoms with Crippen LogP contribution in [-0.4, -0.2) is 20.0 Å². The summed E-state index contributed by atoms with van der Waals surface area (Å²) in [6.07, 6.45) is 5.27. The number of hydrogen-bond donors (Lipinski definition) is 1. The first-order chi connectivity index (χ1) is 15.6. The molecule has 2 atom stereocenters. The van der Waals surface area contributed by atoms with Gasteiger partial charge in [0.25, 0.3) is 0 Å². The van der Waals surface area contributed by atoms with Gasteiger partial charge in [-0.3, -0.25) is 9.97 Å². The molecule has 0 bridgehead atoms. The summed E-state index contributed by atoms with van der Waals surface area (Å²) in [7, 11) is 0. The summed E-state index contributed by atoms with van der Waals surface area (Å²) in [5, 5.41) is 4.00. The average Bonchev–Trinajstić information content (AvgIpc) is 3.40. The number of nitrogens with zero attached hydrogens (tertiary/aromatic N) is 3. The van der Waals surface area contributed by atoms with Gasteiger partial charge in [-0.25, -0.2) is 4.39 Å². The zero-order valence-corrected chi connectivity index (χ0v) is 19.2. The molecule has 0 unspecified atom stereocenters. The third-order valence-corrected chi connectivity index (χ3v) is 6.26. The standard InChI is InChI=1S/C24H18BrFN4OS/c25-16-4-5-17(18(26)13-16)20-6-7-21(31-20)23-22(19-3-1-2-10-28-19)29-24(32)30(23)14-15-8-11-27-12-9-15/h1-13,22-23H,14H2,(H,29,32)/t22-,23-/m0/s1. The lowest BCUT2D eigenvalue weighted by atomic mass is 10.0. The van der Waals surface area contributed by atoms with Crippen LogP contribution in [0.15, 0.2) is 88.1 Å². The smallest absolute Gasteiger partial charge is 0.170 e. The van der Waals surface area contributed by atoms with Gasteiger partial charge in [0.2, 0.25) is 0 Å². The highest BCUT2D eigenvalue weighted by molar-refractivity contribution is 9.10. The van der Waals surface area contributed by atoms with E-state index in [1.165, 1.54) is 6.07 Å². The lowest BCUT2D eigenvalue weighted by Gasteiger charge is -2.26. The Morgan fingerprint density at radius 2 is 1.91 bits per heavy atom. The fourth-order valence-electron chi connectivity index (χ4n) is 3.92. The Bertz CT molecular complexity index is 1250. The van der Waals surface area contributed by atoms with Crippen molar-refractivity contribution >= 4 is 33.3 Å². The molecule has 1 saturated heterocycles. The lowest BCUT2D eigenvalue weighted by molar-refractivity contribution is 0.269. The normalized spacial score (nSPS) is 18.1. The number of rotatable bonds is 5. The second-order valence-electron chi connectivity index (χ2n) is 7.44. The molecule has 1 fully saturated rings. The van der Waals surface area contributed by atoms with Crippen LogP contribution in [0.4, 0.5) is 4.39 Å². The molecule has 5 nitrogen and oxygen atoms in total. The summed E-state index contributed by atoms with van der Waals surface area (Å²) in [4.78, 5) is 10.7. The van der Waals surface area contributed by atoms with Gasteiger partial charge in [-0.1, -0.05) is 22.0 Å². The van der Waals surface area contributed by atoms with Gasteiger partial charge in [-0.15, -0.1) is 0 Å². The number of pyridine rings is 2. The Balaban J connectivity index is 1.55. The topological polar surface area (TPSA) is 54.2 Å². The van der Waals surface area contributed by atoms with E-state index in [4.69, 9.17) is 16.6 Å². The maximum absolute atomic E-state index is 14.5. The quantitative estimate of drug-likeness (QED) is 0.343. The highest BCUT2D eigenvalue weighted by Crippen LogP contribution is 2.41. The maximum Gasteiger partial charge on any atom is 0.170 e. The Hall–Kier alpha value is -3.10. The summed E-state index contributed by atoms with van der Waals surface area (Å²) >= 11 is 8.99. The minimum absolute atomic E-state index is 0.209. The van der Waals surface area contributed by atoms with E-state index in [0.29, 0.717) is 33.2 Å². The van der Waals surface area contributed by atoms with E-state index in [2.05, 4.69) is 36.1 Å². The van der Waals surface area contributed by atoms with Crippen molar-refractivity contribution in [2.24, 2.45) is 0 Å². The van der Waals surface area contributed by atoms with E-state index >= 15 is 0 Å². The van der Waals surface area contributed by atoms with Crippen LogP contribution in [0.25, 0.3) is 11.3 Å². The van der Waals surface area contributed by atoms with Crippen molar-refractivity contribution in [2.45, 2.75) is 18.6 Å². The van der Waals surface area contributed by atoms with Crippen molar-refractivity contribution in [3.63, 3.8) is 0 Å². The lowest BCUT2D eigenvalue weighted by Crippen LogP contribution is -2.29. The molecule has 0 spiro atoms. The summed E-state index contributed by atoms with van der Waals surface area (Å²) < 4.78 is 21.4. The van der Waals surface area contributed by atoms with E-state index in [-0.39, 0.29) is 17.9 Å². The molecule has 8 heteroatoms. The molecule has 160 valence electrons. The molecule has 3 aromatic heterocycles. The summed E-state index contributed by atoms with van der Waals surface area (Å²) in [6, 6.07) is 17.8. The van der Waals surface area contributed by atoms with Gasteiger partial charge >= 0.3 is 0 Å². The van der Waals surface area contributed by atoms with Crippen LogP contribution in [-0.2, 0) is 6.54 Å². The Morgan fingerprint density at radius 3 is 2.66 bits per heavy atom. The molecule has 4 aromatic rings. The molecule has 5 rings (SSSR count). The van der Waals surface area contributed by atoms with Crippen LogP contribution >= 0.6 is 28.1 Å². The van der Waals surface area contributed by atoms with Crippen LogP contribution in [0, 0.1) is 5.82 Å². The van der Waals surface area contributed by atoms with Gasteiger partial charge in [0.1, 0.15) is 23.4 Å². The van der Waals surface area contributed by atoms with Crippen molar-refractivity contribution in [2.75, 3.05) is 0 Å². The Morgan fingerprint density at radius 1 is 1.06 bits per heavy atom. The number of benzene rings is 1. The van der Waals surface area contributed by atoms with Gasteiger partial charge in [0.05, 0.1) is 17.3 Å². The van der Waals surface area contributed by atoms with Crippen LogP contribution in [0.3, 0.4) is 0 Å². The van der Waals surface area contributed by atoms with Crippen molar-refractivity contribution in [3.05, 3.63) is 107 Å². The predicted molar refractivity (Wildman–Crippen MR) is 127 cm³/mol. The summed E-state index contributed by atoms with van der Waals surface area (Å²) in [5.74, 6) is 0.793. The highest BCUT2D eigenvalue weighted by atomic mass is 79.9. The van der Waals surface area contributed by atoms with E-state index in [9.17, 15) is 4.39 Å². The van der Waals surface area contributed by atoms with Gasteiger partial charge < -0.3 is 14.6 Å². The van der Waals surface area contributed by atoms with E-state index < -0.39 is 0 Å². The first kappa shape index (κ1) is 20.8. The number of halogens is 2. The van der Waals surface area contributed by atoms with Crippen LogP contribution in [0.5, 0.6) is 0 Å². The number of aromatic nitrogens is 2. The van der Waals surface area contributed by atoms with Crippen LogP contribution in [0.1, 0.15) is 29.1 Å². The molecule has 0 radical (unpaired) electrons. The fraction of sp³-hybridized carbons (Fsp3) is 0.125. The SMILES string of the molecule is Fc1cc(Br)ccc1-c1ccc([C@H]2[C@H](c3ccccn3)NC(=S)N2Cc2ccncc2)o1. The first-order valence-corrected chi connectivity index (χ1v) is 11.2. The Kier molecular flexibility index (Phi) is 5.71. The summed E-state index contributed by atoms with van der Waals surface area (Å²) in [6.45, 7) is 0.574. The molecular formula is C24H18BrFN4OS. The fourth-order valence-corrected chi connectivity index (χ4v) is 4.55. The maximum atomic E-state index is 14.5. The number of furan rings is 1. The van der Waals surface area contributed by atoms with Gasteiger partial charge in [-0.05, 0) is 72.4 Å². The van der Waals surface area contributed by atoms with Crippen LogP contribution in [0.2, 0.25) is 0 Å². The highest BCUT2D eigenvalue weighted by Gasteiger charge is 2.41. The number of nitrogens with one attached hydrogen (secondary N) is 1. The van der Waals surface area contributed by atoms with E-state index in [1.54, 1.807) is 36.8 Å². The molecule has 1 N–H and O–H groups in total.